The summed E-state index contributed by atoms with van der Waals surface area (Å²) in [5.74, 6) is 2.20. The lowest BCUT2D eigenvalue weighted by Gasteiger charge is -2.23. The highest BCUT2D eigenvalue weighted by Gasteiger charge is 2.42. The number of rotatable bonds is 2. The van der Waals surface area contributed by atoms with Gasteiger partial charge >= 0.3 is 0 Å². The Labute approximate surface area is 134 Å². The molecular weight excluding hydrogens is 292 g/mol. The summed E-state index contributed by atoms with van der Waals surface area (Å²) in [5.41, 5.74) is 1.10. The Balaban J connectivity index is 1.44. The zero-order valence-electron chi connectivity index (χ0n) is 13.0. The third-order valence-electron chi connectivity index (χ3n) is 4.70. The first-order chi connectivity index (χ1) is 11.2. The predicted octanol–water partition coefficient (Wildman–Crippen LogP) is 0.783. The number of carbonyl (C=O) groups excluding carboxylic acids is 1. The summed E-state index contributed by atoms with van der Waals surface area (Å²) in [5, 5.41) is 0. The van der Waals surface area contributed by atoms with Gasteiger partial charge in [-0.2, -0.15) is 0 Å². The van der Waals surface area contributed by atoms with Gasteiger partial charge in [0, 0.05) is 62.2 Å². The minimum Gasteiger partial charge on any atom is -0.356 e. The highest BCUT2D eigenvalue weighted by atomic mass is 16.2. The first-order valence-electron chi connectivity index (χ1n) is 7.80. The summed E-state index contributed by atoms with van der Waals surface area (Å²) >= 11 is 0. The van der Waals surface area contributed by atoms with Crippen LogP contribution in [0.25, 0.3) is 0 Å². The SMILES string of the molecule is Cc1cncnc1N1CC2CN(C(=O)c3ncccn3)CC2C1. The number of amides is 1. The van der Waals surface area contributed by atoms with Gasteiger partial charge in [0.05, 0.1) is 0 Å². The van der Waals surface area contributed by atoms with Crippen LogP contribution in [0.2, 0.25) is 0 Å². The van der Waals surface area contributed by atoms with Gasteiger partial charge in [0.25, 0.3) is 5.91 Å². The van der Waals surface area contributed by atoms with Gasteiger partial charge in [-0.1, -0.05) is 0 Å². The number of anilines is 1. The molecule has 0 bridgehead atoms. The van der Waals surface area contributed by atoms with Crippen molar-refractivity contribution in [2.24, 2.45) is 11.8 Å². The average Bonchev–Trinajstić information content (AvgIpc) is 3.14. The van der Waals surface area contributed by atoms with Crippen LogP contribution in [0.15, 0.2) is 31.0 Å². The summed E-state index contributed by atoms with van der Waals surface area (Å²) in [6.45, 7) is 5.43. The second-order valence-corrected chi connectivity index (χ2v) is 6.24. The second kappa shape index (κ2) is 5.57. The van der Waals surface area contributed by atoms with Crippen molar-refractivity contribution in [1.82, 2.24) is 24.8 Å². The number of aryl methyl sites for hydroxylation is 1. The highest BCUT2D eigenvalue weighted by Crippen LogP contribution is 2.34. The van der Waals surface area contributed by atoms with Gasteiger partial charge in [0.1, 0.15) is 12.1 Å². The topological polar surface area (TPSA) is 75.1 Å². The van der Waals surface area contributed by atoms with Crippen molar-refractivity contribution in [2.75, 3.05) is 31.1 Å². The molecule has 2 atom stereocenters. The lowest BCUT2D eigenvalue weighted by atomic mass is 10.0. The van der Waals surface area contributed by atoms with Gasteiger partial charge in [0.15, 0.2) is 0 Å². The fourth-order valence-corrected chi connectivity index (χ4v) is 3.61. The van der Waals surface area contributed by atoms with E-state index in [9.17, 15) is 4.79 Å². The lowest BCUT2D eigenvalue weighted by molar-refractivity contribution is 0.0770. The molecule has 2 fully saturated rings. The highest BCUT2D eigenvalue weighted by molar-refractivity contribution is 5.90. The zero-order valence-corrected chi connectivity index (χ0v) is 13.0. The molecule has 0 saturated carbocycles. The maximum absolute atomic E-state index is 12.5. The number of likely N-dealkylation sites (tertiary alicyclic amines) is 1. The summed E-state index contributed by atoms with van der Waals surface area (Å²) in [6.07, 6.45) is 6.66. The van der Waals surface area contributed by atoms with Crippen LogP contribution in [-0.2, 0) is 0 Å². The van der Waals surface area contributed by atoms with E-state index in [1.807, 2.05) is 18.0 Å². The van der Waals surface area contributed by atoms with Crippen LogP contribution in [0.1, 0.15) is 16.2 Å². The monoisotopic (exact) mass is 310 g/mol. The standard InChI is InChI=1S/C16H18N6O/c1-11-5-17-10-20-15(11)21-6-12-8-22(9-13(12)7-21)16(23)14-18-3-2-4-19-14/h2-5,10,12-13H,6-9H2,1H3. The number of carbonyl (C=O) groups is 1. The molecule has 0 spiro atoms. The van der Waals surface area contributed by atoms with Crippen LogP contribution in [-0.4, -0.2) is 56.9 Å². The summed E-state index contributed by atoms with van der Waals surface area (Å²) in [4.78, 5) is 33.2. The first-order valence-corrected chi connectivity index (χ1v) is 7.80. The number of fused-ring (bicyclic) bond motifs is 1. The summed E-state index contributed by atoms with van der Waals surface area (Å²) in [7, 11) is 0. The minimum atomic E-state index is -0.0650. The third-order valence-corrected chi connectivity index (χ3v) is 4.70. The molecule has 2 unspecified atom stereocenters. The van der Waals surface area contributed by atoms with E-state index in [4.69, 9.17) is 0 Å². The Kier molecular flexibility index (Phi) is 3.40. The van der Waals surface area contributed by atoms with Crippen LogP contribution in [0, 0.1) is 18.8 Å². The van der Waals surface area contributed by atoms with Crippen molar-refractivity contribution in [2.45, 2.75) is 6.92 Å². The third kappa shape index (κ3) is 2.52. The van der Waals surface area contributed by atoms with Crippen LogP contribution in [0.5, 0.6) is 0 Å². The van der Waals surface area contributed by atoms with Crippen molar-refractivity contribution >= 4 is 11.7 Å². The van der Waals surface area contributed by atoms with E-state index in [0.717, 1.165) is 37.6 Å². The molecule has 4 heterocycles. The molecule has 0 N–H and O–H groups in total. The second-order valence-electron chi connectivity index (χ2n) is 6.24. The molecule has 7 heteroatoms. The number of nitrogens with zero attached hydrogens (tertiary/aromatic N) is 6. The van der Waals surface area contributed by atoms with Gasteiger partial charge in [-0.15, -0.1) is 0 Å². The van der Waals surface area contributed by atoms with Gasteiger partial charge in [-0.25, -0.2) is 19.9 Å². The maximum Gasteiger partial charge on any atom is 0.291 e. The molecule has 1 amide bonds. The van der Waals surface area contributed by atoms with E-state index in [0.29, 0.717) is 11.8 Å². The van der Waals surface area contributed by atoms with Crippen molar-refractivity contribution in [3.63, 3.8) is 0 Å². The molecule has 2 aliphatic rings. The van der Waals surface area contributed by atoms with Crippen molar-refractivity contribution in [3.8, 4) is 0 Å². The Bertz CT molecular complexity index is 708. The Morgan fingerprint density at radius 2 is 1.78 bits per heavy atom. The fourth-order valence-electron chi connectivity index (χ4n) is 3.61. The van der Waals surface area contributed by atoms with Crippen LogP contribution < -0.4 is 4.90 Å². The normalized spacial score (nSPS) is 23.2. The molecule has 118 valence electrons. The largest absolute Gasteiger partial charge is 0.356 e. The predicted molar refractivity (Wildman–Crippen MR) is 83.9 cm³/mol. The first kappa shape index (κ1) is 14.0. The van der Waals surface area contributed by atoms with E-state index >= 15 is 0 Å². The van der Waals surface area contributed by atoms with Crippen molar-refractivity contribution in [3.05, 3.63) is 42.4 Å². The molecule has 0 aliphatic carbocycles. The van der Waals surface area contributed by atoms with E-state index in [2.05, 4.69) is 24.8 Å². The molecule has 2 aromatic heterocycles. The number of hydrogen-bond acceptors (Lipinski definition) is 6. The Morgan fingerprint density at radius 3 is 2.43 bits per heavy atom. The molecule has 2 aromatic rings. The molecule has 23 heavy (non-hydrogen) atoms. The quantitative estimate of drug-likeness (QED) is 0.816. The van der Waals surface area contributed by atoms with E-state index in [1.54, 1.807) is 24.8 Å². The van der Waals surface area contributed by atoms with Gasteiger partial charge in [-0.3, -0.25) is 4.79 Å². The minimum absolute atomic E-state index is 0.0650. The Hall–Kier alpha value is -2.57. The smallest absolute Gasteiger partial charge is 0.291 e. The van der Waals surface area contributed by atoms with E-state index in [1.165, 1.54) is 0 Å². The van der Waals surface area contributed by atoms with Gasteiger partial charge in [-0.05, 0) is 13.0 Å². The fraction of sp³-hybridized carbons (Fsp3) is 0.438. The van der Waals surface area contributed by atoms with E-state index in [-0.39, 0.29) is 11.7 Å². The Morgan fingerprint density at radius 1 is 1.09 bits per heavy atom. The van der Waals surface area contributed by atoms with E-state index < -0.39 is 0 Å². The molecule has 2 saturated heterocycles. The summed E-state index contributed by atoms with van der Waals surface area (Å²) in [6, 6.07) is 1.72. The molecule has 4 rings (SSSR count). The van der Waals surface area contributed by atoms with Crippen molar-refractivity contribution in [1.29, 1.82) is 0 Å². The van der Waals surface area contributed by atoms with Gasteiger partial charge < -0.3 is 9.80 Å². The molecule has 0 aromatic carbocycles. The van der Waals surface area contributed by atoms with Crippen LogP contribution in [0.4, 0.5) is 5.82 Å². The number of aromatic nitrogens is 4. The number of hydrogen-bond donors (Lipinski definition) is 0. The maximum atomic E-state index is 12.5. The zero-order chi connectivity index (χ0) is 15.8. The molecule has 0 radical (unpaired) electrons. The molecular formula is C16H18N6O. The average molecular weight is 310 g/mol. The lowest BCUT2D eigenvalue weighted by Crippen LogP contribution is -2.34. The summed E-state index contributed by atoms with van der Waals surface area (Å²) < 4.78 is 0. The molecule has 2 aliphatic heterocycles. The molecule has 7 nitrogen and oxygen atoms in total. The van der Waals surface area contributed by atoms with Crippen LogP contribution in [0.3, 0.4) is 0 Å². The van der Waals surface area contributed by atoms with Crippen molar-refractivity contribution < 1.29 is 4.79 Å². The van der Waals surface area contributed by atoms with Gasteiger partial charge in [0.2, 0.25) is 5.82 Å². The van der Waals surface area contributed by atoms with Crippen LogP contribution >= 0.6 is 0 Å².